The lowest BCUT2D eigenvalue weighted by atomic mass is 10.2. The van der Waals surface area contributed by atoms with Crippen molar-refractivity contribution in [3.63, 3.8) is 0 Å². The number of halogens is 1. The molecule has 0 saturated carbocycles. The maximum absolute atomic E-state index is 13.9. The first kappa shape index (κ1) is 21.5. The number of rotatable bonds is 6. The predicted octanol–water partition coefficient (Wildman–Crippen LogP) is 2.56. The van der Waals surface area contributed by atoms with E-state index in [0.29, 0.717) is 18.9 Å². The van der Waals surface area contributed by atoms with E-state index in [-0.39, 0.29) is 23.8 Å². The summed E-state index contributed by atoms with van der Waals surface area (Å²) in [6.07, 6.45) is 1.51. The molecule has 32 heavy (non-hydrogen) atoms. The van der Waals surface area contributed by atoms with Gasteiger partial charge in [-0.15, -0.1) is 0 Å². The van der Waals surface area contributed by atoms with Crippen LogP contribution in [0.25, 0.3) is 5.69 Å². The molecule has 0 aliphatic carbocycles. The largest absolute Gasteiger partial charge is 0.378 e. The van der Waals surface area contributed by atoms with Crippen LogP contribution in [0.4, 0.5) is 15.8 Å². The fourth-order valence-electron chi connectivity index (χ4n) is 3.47. The molecule has 0 unspecified atom stereocenters. The van der Waals surface area contributed by atoms with Crippen molar-refractivity contribution < 1.29 is 18.7 Å². The van der Waals surface area contributed by atoms with Crippen molar-refractivity contribution in [1.29, 1.82) is 0 Å². The molecule has 1 N–H and O–H groups in total. The first-order valence-corrected chi connectivity index (χ1v) is 10.3. The van der Waals surface area contributed by atoms with E-state index in [1.807, 2.05) is 24.3 Å². The molecule has 0 spiro atoms. The molecule has 1 aliphatic rings. The number of hydrogen-bond acceptors (Lipinski definition) is 5. The first-order valence-electron chi connectivity index (χ1n) is 10.3. The molecule has 1 saturated heterocycles. The van der Waals surface area contributed by atoms with Gasteiger partial charge in [0.05, 0.1) is 19.8 Å². The van der Waals surface area contributed by atoms with Gasteiger partial charge in [0.2, 0.25) is 5.91 Å². The van der Waals surface area contributed by atoms with Crippen LogP contribution in [0.1, 0.15) is 10.5 Å². The Kier molecular flexibility index (Phi) is 6.46. The van der Waals surface area contributed by atoms with Gasteiger partial charge >= 0.3 is 0 Å². The number of nitrogens with one attached hydrogen (secondary N) is 1. The average molecular weight is 437 g/mol. The molecule has 3 aromatic rings. The van der Waals surface area contributed by atoms with Gasteiger partial charge in [-0.1, -0.05) is 12.1 Å². The van der Waals surface area contributed by atoms with Gasteiger partial charge in [0.15, 0.2) is 5.69 Å². The molecule has 9 heteroatoms. The molecule has 0 radical (unpaired) electrons. The molecule has 1 aliphatic heterocycles. The zero-order chi connectivity index (χ0) is 22.5. The lowest BCUT2D eigenvalue weighted by Gasteiger charge is -2.28. The molecule has 0 atom stereocenters. The van der Waals surface area contributed by atoms with Crippen LogP contribution in [-0.2, 0) is 9.53 Å². The maximum atomic E-state index is 13.9. The van der Waals surface area contributed by atoms with E-state index in [9.17, 15) is 14.0 Å². The number of aromatic nitrogens is 2. The quantitative estimate of drug-likeness (QED) is 0.641. The van der Waals surface area contributed by atoms with Gasteiger partial charge in [-0.2, -0.15) is 5.10 Å². The summed E-state index contributed by atoms with van der Waals surface area (Å²) in [7, 11) is 1.52. The number of amides is 2. The predicted molar refractivity (Wildman–Crippen MR) is 119 cm³/mol. The highest BCUT2D eigenvalue weighted by Crippen LogP contribution is 2.19. The smallest absolute Gasteiger partial charge is 0.274 e. The topological polar surface area (TPSA) is 79.7 Å². The number of para-hydroxylation sites is 1. The molecule has 166 valence electrons. The minimum atomic E-state index is -0.443. The van der Waals surface area contributed by atoms with Gasteiger partial charge in [-0.05, 0) is 42.5 Å². The molecule has 2 aromatic carbocycles. The normalized spacial score (nSPS) is 13.6. The maximum Gasteiger partial charge on any atom is 0.274 e. The number of nitrogens with zero attached hydrogens (tertiary/aromatic N) is 4. The van der Waals surface area contributed by atoms with Crippen LogP contribution in [0, 0.1) is 5.82 Å². The van der Waals surface area contributed by atoms with E-state index >= 15 is 0 Å². The summed E-state index contributed by atoms with van der Waals surface area (Å²) >= 11 is 0. The van der Waals surface area contributed by atoms with E-state index in [1.165, 1.54) is 35.0 Å². The zero-order valence-electron chi connectivity index (χ0n) is 17.7. The Bertz CT molecular complexity index is 1090. The Morgan fingerprint density at radius 2 is 1.81 bits per heavy atom. The fourth-order valence-corrected chi connectivity index (χ4v) is 3.47. The van der Waals surface area contributed by atoms with E-state index in [2.05, 4.69) is 15.3 Å². The first-order chi connectivity index (χ1) is 15.5. The van der Waals surface area contributed by atoms with Crippen LogP contribution in [0.2, 0.25) is 0 Å². The van der Waals surface area contributed by atoms with Crippen molar-refractivity contribution in [2.45, 2.75) is 0 Å². The van der Waals surface area contributed by atoms with Crippen LogP contribution in [0.5, 0.6) is 0 Å². The highest BCUT2D eigenvalue weighted by molar-refractivity contribution is 5.98. The summed E-state index contributed by atoms with van der Waals surface area (Å²) < 4.78 is 20.6. The summed E-state index contributed by atoms with van der Waals surface area (Å²) in [5.74, 6) is -1.20. The number of morpholine rings is 1. The van der Waals surface area contributed by atoms with Gasteiger partial charge < -0.3 is 19.9 Å². The van der Waals surface area contributed by atoms with E-state index in [4.69, 9.17) is 4.74 Å². The number of hydrogen-bond donors (Lipinski definition) is 1. The Morgan fingerprint density at radius 1 is 1.09 bits per heavy atom. The highest BCUT2D eigenvalue weighted by Gasteiger charge is 2.19. The Hall–Kier alpha value is -3.72. The van der Waals surface area contributed by atoms with E-state index in [1.54, 1.807) is 18.2 Å². The molecule has 0 bridgehead atoms. The molecular formula is C23H24FN5O3. The van der Waals surface area contributed by atoms with Gasteiger partial charge in [-0.25, -0.2) is 9.07 Å². The minimum absolute atomic E-state index is 0.124. The van der Waals surface area contributed by atoms with Crippen LogP contribution < -0.4 is 10.2 Å². The monoisotopic (exact) mass is 437 g/mol. The molecule has 1 fully saturated rings. The lowest BCUT2D eigenvalue weighted by Crippen LogP contribution is -2.36. The van der Waals surface area contributed by atoms with Crippen molar-refractivity contribution in [2.24, 2.45) is 0 Å². The van der Waals surface area contributed by atoms with Gasteiger partial charge in [0.1, 0.15) is 11.5 Å². The van der Waals surface area contributed by atoms with Crippen molar-refractivity contribution >= 4 is 23.2 Å². The fraction of sp³-hybridized carbons (Fsp3) is 0.261. The van der Waals surface area contributed by atoms with E-state index in [0.717, 1.165) is 18.8 Å². The number of anilines is 2. The number of carbonyl (C=O) groups is 2. The summed E-state index contributed by atoms with van der Waals surface area (Å²) in [4.78, 5) is 28.5. The number of likely N-dealkylation sites (N-methyl/N-ethyl adjacent to an activating group) is 1. The standard InChI is InChI=1S/C23H24FN5O3/c1-27(23(31)20-10-11-29(26-20)21-5-3-2-4-19(21)24)16-22(30)25-17-6-8-18(9-7-17)28-12-14-32-15-13-28/h2-11H,12-16H2,1H3,(H,25,30). The molecule has 2 amide bonds. The summed E-state index contributed by atoms with van der Waals surface area (Å²) in [6.45, 7) is 2.95. The van der Waals surface area contributed by atoms with E-state index < -0.39 is 11.7 Å². The van der Waals surface area contributed by atoms with Crippen molar-refractivity contribution in [3.8, 4) is 5.69 Å². The molecule has 1 aromatic heterocycles. The zero-order valence-corrected chi connectivity index (χ0v) is 17.7. The third-order valence-electron chi connectivity index (χ3n) is 5.16. The molecule has 4 rings (SSSR count). The SMILES string of the molecule is CN(CC(=O)Nc1ccc(N2CCOCC2)cc1)C(=O)c1ccn(-c2ccccc2F)n1. The third-order valence-corrected chi connectivity index (χ3v) is 5.16. The Morgan fingerprint density at radius 3 is 2.53 bits per heavy atom. The minimum Gasteiger partial charge on any atom is -0.378 e. The summed E-state index contributed by atoms with van der Waals surface area (Å²) in [5, 5.41) is 6.94. The van der Waals surface area contributed by atoms with Gasteiger partial charge in [0, 0.05) is 37.7 Å². The third kappa shape index (κ3) is 4.94. The number of carbonyl (C=O) groups excluding carboxylic acids is 2. The molecular weight excluding hydrogens is 413 g/mol. The molecule has 8 nitrogen and oxygen atoms in total. The van der Waals surface area contributed by atoms with Crippen molar-refractivity contribution in [2.75, 3.05) is 50.1 Å². The Labute approximate surface area is 185 Å². The van der Waals surface area contributed by atoms with Crippen LogP contribution in [0.3, 0.4) is 0 Å². The number of benzene rings is 2. The second kappa shape index (κ2) is 9.61. The van der Waals surface area contributed by atoms with Crippen LogP contribution in [-0.4, -0.2) is 66.4 Å². The number of ether oxygens (including phenoxy) is 1. The van der Waals surface area contributed by atoms with Gasteiger partial charge in [-0.3, -0.25) is 9.59 Å². The van der Waals surface area contributed by atoms with Crippen LogP contribution in [0.15, 0.2) is 60.8 Å². The average Bonchev–Trinajstić information content (AvgIpc) is 3.30. The summed E-state index contributed by atoms with van der Waals surface area (Å²) in [6, 6.07) is 15.2. The van der Waals surface area contributed by atoms with Crippen molar-refractivity contribution in [1.82, 2.24) is 14.7 Å². The second-order valence-electron chi connectivity index (χ2n) is 7.45. The second-order valence-corrected chi connectivity index (χ2v) is 7.45. The molecule has 2 heterocycles. The summed E-state index contributed by atoms with van der Waals surface area (Å²) in [5.41, 5.74) is 2.09. The Balaban J connectivity index is 1.33. The highest BCUT2D eigenvalue weighted by atomic mass is 19.1. The van der Waals surface area contributed by atoms with Crippen LogP contribution >= 0.6 is 0 Å². The van der Waals surface area contributed by atoms with Gasteiger partial charge in [0.25, 0.3) is 5.91 Å². The van der Waals surface area contributed by atoms with Crippen molar-refractivity contribution in [3.05, 3.63) is 72.3 Å². The lowest BCUT2D eigenvalue weighted by molar-refractivity contribution is -0.116.